The first-order chi connectivity index (χ1) is 14.1. The Morgan fingerprint density at radius 2 is 2.07 bits per heavy atom. The highest BCUT2D eigenvalue weighted by molar-refractivity contribution is 14.0. The van der Waals surface area contributed by atoms with Crippen molar-refractivity contribution in [1.82, 2.24) is 25.3 Å². The predicted octanol–water partition coefficient (Wildman–Crippen LogP) is 2.99. The fourth-order valence-corrected chi connectivity index (χ4v) is 3.50. The third kappa shape index (κ3) is 6.92. The largest absolute Gasteiger partial charge is 0.371 e. The molecule has 0 bridgehead atoms. The van der Waals surface area contributed by atoms with E-state index in [1.165, 1.54) is 11.1 Å². The summed E-state index contributed by atoms with van der Waals surface area (Å²) < 4.78 is 10.8. The Hall–Kier alpha value is -1.72. The van der Waals surface area contributed by atoms with Crippen LogP contribution in [0.3, 0.4) is 0 Å². The molecule has 1 aromatic heterocycles. The van der Waals surface area contributed by atoms with E-state index in [0.29, 0.717) is 24.9 Å². The standard InChI is InChI=1S/C21H32N6O2.HI/c1-5-28-17(3)20-24-19(29-25-20)14-23-21(22-4)27-11-9-26(10-12-27)15-18-8-6-7-16(2)13-18;/h6-8,13,17H,5,9-12,14-15H2,1-4H3,(H,22,23);1H. The maximum atomic E-state index is 5.50. The van der Waals surface area contributed by atoms with E-state index in [4.69, 9.17) is 9.26 Å². The van der Waals surface area contributed by atoms with E-state index >= 15 is 0 Å². The molecule has 2 heterocycles. The van der Waals surface area contributed by atoms with Gasteiger partial charge in [-0.05, 0) is 26.3 Å². The molecule has 0 spiro atoms. The maximum Gasteiger partial charge on any atom is 0.246 e. The second-order valence-electron chi connectivity index (χ2n) is 7.30. The fraction of sp³-hybridized carbons (Fsp3) is 0.571. The Morgan fingerprint density at radius 3 is 2.73 bits per heavy atom. The van der Waals surface area contributed by atoms with Crippen molar-refractivity contribution in [3.8, 4) is 0 Å². The van der Waals surface area contributed by atoms with Crippen LogP contribution in [0.5, 0.6) is 0 Å². The van der Waals surface area contributed by atoms with Crippen molar-refractivity contribution in [2.45, 2.75) is 40.0 Å². The summed E-state index contributed by atoms with van der Waals surface area (Å²) in [6, 6.07) is 8.73. The minimum atomic E-state index is -0.168. The van der Waals surface area contributed by atoms with Crippen molar-refractivity contribution in [2.75, 3.05) is 39.8 Å². The van der Waals surface area contributed by atoms with Crippen LogP contribution in [-0.4, -0.2) is 65.7 Å². The molecule has 1 aliphatic heterocycles. The number of aryl methyl sites for hydroxylation is 1. The van der Waals surface area contributed by atoms with Gasteiger partial charge in [0.25, 0.3) is 0 Å². The molecular weight excluding hydrogens is 495 g/mol. The molecule has 166 valence electrons. The van der Waals surface area contributed by atoms with Gasteiger partial charge in [0.05, 0.1) is 6.54 Å². The molecule has 9 heteroatoms. The van der Waals surface area contributed by atoms with Crippen LogP contribution < -0.4 is 5.32 Å². The molecular formula is C21H33IN6O2. The van der Waals surface area contributed by atoms with E-state index in [1.54, 1.807) is 7.05 Å². The number of hydrogen-bond donors (Lipinski definition) is 1. The zero-order valence-electron chi connectivity index (χ0n) is 18.3. The molecule has 0 aliphatic carbocycles. The average molecular weight is 528 g/mol. The Labute approximate surface area is 196 Å². The van der Waals surface area contributed by atoms with Crippen molar-refractivity contribution in [1.29, 1.82) is 0 Å². The lowest BCUT2D eigenvalue weighted by atomic mass is 10.1. The quantitative estimate of drug-likeness (QED) is 0.336. The molecule has 1 fully saturated rings. The normalized spacial score (nSPS) is 16.3. The van der Waals surface area contributed by atoms with Gasteiger partial charge in [0.1, 0.15) is 6.10 Å². The summed E-state index contributed by atoms with van der Waals surface area (Å²) in [5.74, 6) is 1.96. The van der Waals surface area contributed by atoms with Crippen molar-refractivity contribution < 1.29 is 9.26 Å². The Kier molecular flexibility index (Phi) is 9.99. The predicted molar refractivity (Wildman–Crippen MR) is 128 cm³/mol. The molecule has 8 nitrogen and oxygen atoms in total. The Balaban J connectivity index is 0.00000320. The van der Waals surface area contributed by atoms with Gasteiger partial charge in [0.2, 0.25) is 5.89 Å². The highest BCUT2D eigenvalue weighted by atomic mass is 127. The zero-order valence-corrected chi connectivity index (χ0v) is 20.6. The molecule has 1 saturated heterocycles. The molecule has 3 rings (SSSR count). The number of ether oxygens (including phenoxy) is 1. The van der Waals surface area contributed by atoms with E-state index in [2.05, 4.69) is 61.4 Å². The van der Waals surface area contributed by atoms with Crippen LogP contribution in [0.25, 0.3) is 0 Å². The topological polar surface area (TPSA) is 79.0 Å². The van der Waals surface area contributed by atoms with Crippen molar-refractivity contribution in [3.05, 3.63) is 47.1 Å². The fourth-order valence-electron chi connectivity index (χ4n) is 3.50. The summed E-state index contributed by atoms with van der Waals surface area (Å²) >= 11 is 0. The van der Waals surface area contributed by atoms with Crippen LogP contribution in [0.4, 0.5) is 0 Å². The highest BCUT2D eigenvalue weighted by Gasteiger charge is 2.20. The maximum absolute atomic E-state index is 5.50. The SMILES string of the molecule is CCOC(C)c1noc(CNC(=NC)N2CCN(Cc3cccc(C)c3)CC2)n1.I. The summed E-state index contributed by atoms with van der Waals surface area (Å²) in [4.78, 5) is 13.6. The number of nitrogens with zero attached hydrogens (tertiary/aromatic N) is 5. The van der Waals surface area contributed by atoms with Crippen LogP contribution in [0.1, 0.15) is 42.8 Å². The van der Waals surface area contributed by atoms with E-state index in [9.17, 15) is 0 Å². The number of benzene rings is 1. The number of nitrogens with one attached hydrogen (secondary N) is 1. The molecule has 0 amide bonds. The zero-order chi connectivity index (χ0) is 20.6. The van der Waals surface area contributed by atoms with Gasteiger partial charge in [-0.1, -0.05) is 35.0 Å². The lowest BCUT2D eigenvalue weighted by molar-refractivity contribution is 0.0683. The third-order valence-electron chi connectivity index (χ3n) is 5.03. The first-order valence-electron chi connectivity index (χ1n) is 10.3. The summed E-state index contributed by atoms with van der Waals surface area (Å²) in [5.41, 5.74) is 2.68. The van der Waals surface area contributed by atoms with Gasteiger partial charge in [-0.3, -0.25) is 9.89 Å². The van der Waals surface area contributed by atoms with E-state index in [-0.39, 0.29) is 30.1 Å². The third-order valence-corrected chi connectivity index (χ3v) is 5.03. The number of aliphatic imine (C=N–C) groups is 1. The number of rotatable bonds is 7. The minimum Gasteiger partial charge on any atom is -0.371 e. The summed E-state index contributed by atoms with van der Waals surface area (Å²) in [6.45, 7) is 11.9. The average Bonchev–Trinajstić information content (AvgIpc) is 3.19. The van der Waals surface area contributed by atoms with E-state index in [1.807, 2.05) is 13.8 Å². The highest BCUT2D eigenvalue weighted by Crippen LogP contribution is 2.13. The van der Waals surface area contributed by atoms with Crippen molar-refractivity contribution in [2.24, 2.45) is 4.99 Å². The molecule has 1 N–H and O–H groups in total. The van der Waals surface area contributed by atoms with Gasteiger partial charge in [-0.25, -0.2) is 0 Å². The summed E-state index contributed by atoms with van der Waals surface area (Å²) in [5, 5.41) is 7.33. The van der Waals surface area contributed by atoms with Crippen LogP contribution >= 0.6 is 24.0 Å². The monoisotopic (exact) mass is 528 g/mol. The van der Waals surface area contributed by atoms with Crippen LogP contribution in [0.2, 0.25) is 0 Å². The number of piperazine rings is 1. The molecule has 0 saturated carbocycles. The van der Waals surface area contributed by atoms with Crippen LogP contribution in [-0.2, 0) is 17.8 Å². The molecule has 2 aromatic rings. The van der Waals surface area contributed by atoms with Crippen LogP contribution in [0, 0.1) is 6.92 Å². The van der Waals surface area contributed by atoms with Gasteiger partial charge in [0.15, 0.2) is 11.8 Å². The second-order valence-corrected chi connectivity index (χ2v) is 7.30. The van der Waals surface area contributed by atoms with Crippen molar-refractivity contribution in [3.63, 3.8) is 0 Å². The van der Waals surface area contributed by atoms with Gasteiger partial charge < -0.3 is 19.5 Å². The number of guanidine groups is 1. The van der Waals surface area contributed by atoms with Crippen molar-refractivity contribution >= 4 is 29.9 Å². The summed E-state index contributed by atoms with van der Waals surface area (Å²) in [7, 11) is 1.80. The molecule has 30 heavy (non-hydrogen) atoms. The smallest absolute Gasteiger partial charge is 0.246 e. The van der Waals surface area contributed by atoms with E-state index < -0.39 is 0 Å². The molecule has 1 aliphatic rings. The lowest BCUT2D eigenvalue weighted by Crippen LogP contribution is -2.52. The number of aromatic nitrogens is 2. The van der Waals surface area contributed by atoms with Crippen LogP contribution in [0.15, 0.2) is 33.8 Å². The molecule has 1 unspecified atom stereocenters. The summed E-state index contributed by atoms with van der Waals surface area (Å²) in [6.07, 6.45) is -0.168. The Morgan fingerprint density at radius 1 is 1.30 bits per heavy atom. The van der Waals surface area contributed by atoms with Gasteiger partial charge in [0, 0.05) is 46.4 Å². The van der Waals surface area contributed by atoms with Gasteiger partial charge >= 0.3 is 0 Å². The Bertz CT molecular complexity index is 804. The first-order valence-corrected chi connectivity index (χ1v) is 10.3. The van der Waals surface area contributed by atoms with Gasteiger partial charge in [-0.2, -0.15) is 4.98 Å². The lowest BCUT2D eigenvalue weighted by Gasteiger charge is -2.36. The first kappa shape index (κ1) is 24.5. The number of hydrogen-bond acceptors (Lipinski definition) is 6. The molecule has 1 aromatic carbocycles. The second kappa shape index (κ2) is 12.2. The van der Waals surface area contributed by atoms with E-state index in [0.717, 1.165) is 38.7 Å². The molecule has 0 radical (unpaired) electrons. The molecule has 1 atom stereocenters. The minimum absolute atomic E-state index is 0. The number of halogens is 1. The van der Waals surface area contributed by atoms with Gasteiger partial charge in [-0.15, -0.1) is 24.0 Å².